The molecule has 0 aromatic heterocycles. The molecule has 0 spiro atoms. The first-order valence-electron chi connectivity index (χ1n) is 6.05. The molecule has 0 aliphatic rings. The fourth-order valence-electron chi connectivity index (χ4n) is 1.44. The molecule has 0 bridgehead atoms. The molecule has 0 aliphatic carbocycles. The van der Waals surface area contributed by atoms with Gasteiger partial charge in [-0.1, -0.05) is 12.7 Å². The van der Waals surface area contributed by atoms with E-state index in [9.17, 15) is 4.79 Å². The third-order valence-electron chi connectivity index (χ3n) is 2.51. The number of hydrogen-bond acceptors (Lipinski definition) is 4. The summed E-state index contributed by atoms with van der Waals surface area (Å²) in [6.07, 6.45) is 1.64. The van der Waals surface area contributed by atoms with Gasteiger partial charge in [0.2, 0.25) is 0 Å². The highest BCUT2D eigenvalue weighted by atomic mass is 35.5. The van der Waals surface area contributed by atoms with Crippen LogP contribution in [0.5, 0.6) is 11.5 Å². The topological polar surface area (TPSA) is 73.6 Å². The van der Waals surface area contributed by atoms with Gasteiger partial charge in [-0.25, -0.2) is 0 Å². The SMILES string of the molecule is C=CCOc1ccc(C(=O)N[C@@H](C)CN)cc1OC.Cl. The van der Waals surface area contributed by atoms with E-state index >= 15 is 0 Å². The lowest BCUT2D eigenvalue weighted by molar-refractivity contribution is 0.0941. The van der Waals surface area contributed by atoms with Gasteiger partial charge in [0.15, 0.2) is 11.5 Å². The number of amides is 1. The van der Waals surface area contributed by atoms with Crippen LogP contribution in [0.1, 0.15) is 17.3 Å². The lowest BCUT2D eigenvalue weighted by atomic mass is 10.1. The second kappa shape index (κ2) is 9.23. The molecular weight excluding hydrogens is 280 g/mol. The van der Waals surface area contributed by atoms with Crippen LogP contribution in [0.4, 0.5) is 0 Å². The maximum atomic E-state index is 11.9. The van der Waals surface area contributed by atoms with E-state index in [4.69, 9.17) is 15.2 Å². The van der Waals surface area contributed by atoms with Crippen molar-refractivity contribution in [2.75, 3.05) is 20.3 Å². The first-order valence-corrected chi connectivity index (χ1v) is 6.05. The molecule has 0 saturated carbocycles. The molecule has 1 amide bonds. The van der Waals surface area contributed by atoms with Crippen LogP contribution in [0.2, 0.25) is 0 Å². The Kier molecular flexibility index (Phi) is 8.43. The summed E-state index contributed by atoms with van der Waals surface area (Å²) in [4.78, 5) is 11.9. The van der Waals surface area contributed by atoms with Crippen LogP contribution < -0.4 is 20.5 Å². The van der Waals surface area contributed by atoms with E-state index in [1.165, 1.54) is 7.11 Å². The fraction of sp³-hybridized carbons (Fsp3) is 0.357. The molecule has 0 unspecified atom stereocenters. The molecule has 112 valence electrons. The Hall–Kier alpha value is -1.72. The number of benzene rings is 1. The minimum absolute atomic E-state index is 0. The summed E-state index contributed by atoms with van der Waals surface area (Å²) in [6, 6.07) is 4.94. The maximum absolute atomic E-state index is 11.9. The number of nitrogens with one attached hydrogen (secondary N) is 1. The van der Waals surface area contributed by atoms with Gasteiger partial charge in [-0.05, 0) is 25.1 Å². The first kappa shape index (κ1) is 18.3. The van der Waals surface area contributed by atoms with Crippen LogP contribution in [0.15, 0.2) is 30.9 Å². The van der Waals surface area contributed by atoms with Gasteiger partial charge in [-0.2, -0.15) is 0 Å². The summed E-state index contributed by atoms with van der Waals surface area (Å²) < 4.78 is 10.6. The van der Waals surface area contributed by atoms with Gasteiger partial charge in [-0.15, -0.1) is 12.4 Å². The fourth-order valence-corrected chi connectivity index (χ4v) is 1.44. The Bertz CT molecular complexity index is 452. The van der Waals surface area contributed by atoms with E-state index in [1.54, 1.807) is 24.3 Å². The van der Waals surface area contributed by atoms with E-state index in [0.29, 0.717) is 30.2 Å². The molecule has 1 rings (SSSR count). The number of rotatable bonds is 7. The Morgan fingerprint density at radius 1 is 1.50 bits per heavy atom. The molecule has 0 radical (unpaired) electrons. The van der Waals surface area contributed by atoms with Gasteiger partial charge in [0.1, 0.15) is 6.61 Å². The molecule has 1 aromatic rings. The van der Waals surface area contributed by atoms with E-state index in [1.807, 2.05) is 6.92 Å². The van der Waals surface area contributed by atoms with Gasteiger partial charge in [0.05, 0.1) is 7.11 Å². The molecule has 5 nitrogen and oxygen atoms in total. The zero-order valence-corrected chi connectivity index (χ0v) is 12.5. The number of halogens is 1. The van der Waals surface area contributed by atoms with Crippen molar-refractivity contribution in [2.45, 2.75) is 13.0 Å². The van der Waals surface area contributed by atoms with E-state index < -0.39 is 0 Å². The van der Waals surface area contributed by atoms with E-state index in [0.717, 1.165) is 0 Å². The van der Waals surface area contributed by atoms with Crippen LogP contribution in [0, 0.1) is 0 Å². The standard InChI is InChI=1S/C14H20N2O3.ClH/c1-4-7-19-12-6-5-11(8-13(12)18-3)14(17)16-10(2)9-15;/h4-6,8,10H,1,7,9,15H2,2-3H3,(H,16,17);1H/t10-;/m0./s1. The lowest BCUT2D eigenvalue weighted by Crippen LogP contribution is -2.37. The minimum Gasteiger partial charge on any atom is -0.493 e. The smallest absolute Gasteiger partial charge is 0.251 e. The Balaban J connectivity index is 0.00000361. The third-order valence-corrected chi connectivity index (χ3v) is 2.51. The number of carbonyl (C=O) groups is 1. The number of ether oxygens (including phenoxy) is 2. The van der Waals surface area contributed by atoms with E-state index in [-0.39, 0.29) is 24.4 Å². The minimum atomic E-state index is -0.188. The molecule has 3 N–H and O–H groups in total. The van der Waals surface area contributed by atoms with Crippen LogP contribution in [0.3, 0.4) is 0 Å². The van der Waals surface area contributed by atoms with Crippen molar-refractivity contribution in [3.05, 3.63) is 36.4 Å². The van der Waals surface area contributed by atoms with Gasteiger partial charge in [-0.3, -0.25) is 4.79 Å². The summed E-state index contributed by atoms with van der Waals surface area (Å²) in [6.45, 7) is 6.19. The predicted molar refractivity (Wildman–Crippen MR) is 81.9 cm³/mol. The van der Waals surface area contributed by atoms with Crippen molar-refractivity contribution in [3.63, 3.8) is 0 Å². The number of hydrogen-bond donors (Lipinski definition) is 2. The van der Waals surface area contributed by atoms with Crippen LogP contribution in [-0.2, 0) is 0 Å². The second-order valence-corrected chi connectivity index (χ2v) is 4.08. The van der Waals surface area contributed by atoms with Gasteiger partial charge in [0.25, 0.3) is 5.91 Å². The summed E-state index contributed by atoms with van der Waals surface area (Å²) >= 11 is 0. The third kappa shape index (κ3) is 5.11. The summed E-state index contributed by atoms with van der Waals surface area (Å²) in [5.41, 5.74) is 5.97. The average Bonchev–Trinajstić information content (AvgIpc) is 2.44. The summed E-state index contributed by atoms with van der Waals surface area (Å²) in [7, 11) is 1.53. The normalized spacial score (nSPS) is 10.9. The van der Waals surface area contributed by atoms with Crippen molar-refractivity contribution < 1.29 is 14.3 Å². The Morgan fingerprint density at radius 3 is 2.75 bits per heavy atom. The van der Waals surface area contributed by atoms with Crippen molar-refractivity contribution >= 4 is 18.3 Å². The quantitative estimate of drug-likeness (QED) is 0.753. The highest BCUT2D eigenvalue weighted by molar-refractivity contribution is 5.95. The molecule has 0 heterocycles. The average molecular weight is 301 g/mol. The Labute approximate surface area is 125 Å². The molecule has 20 heavy (non-hydrogen) atoms. The number of methoxy groups -OCH3 is 1. The molecule has 0 aliphatic heterocycles. The van der Waals surface area contributed by atoms with Gasteiger partial charge >= 0.3 is 0 Å². The summed E-state index contributed by atoms with van der Waals surface area (Å²) in [5, 5.41) is 2.78. The maximum Gasteiger partial charge on any atom is 0.251 e. The first-order chi connectivity index (χ1) is 9.12. The molecule has 1 aromatic carbocycles. The lowest BCUT2D eigenvalue weighted by Gasteiger charge is -2.13. The Morgan fingerprint density at radius 2 is 2.20 bits per heavy atom. The molecule has 0 fully saturated rings. The summed E-state index contributed by atoms with van der Waals surface area (Å²) in [5.74, 6) is 0.896. The van der Waals surface area contributed by atoms with Crippen molar-refractivity contribution in [2.24, 2.45) is 5.73 Å². The van der Waals surface area contributed by atoms with Crippen LogP contribution >= 0.6 is 12.4 Å². The van der Waals surface area contributed by atoms with Crippen molar-refractivity contribution in [1.29, 1.82) is 0 Å². The van der Waals surface area contributed by atoms with Gasteiger partial charge in [0, 0.05) is 18.2 Å². The van der Waals surface area contributed by atoms with E-state index in [2.05, 4.69) is 11.9 Å². The van der Waals surface area contributed by atoms with Crippen molar-refractivity contribution in [3.8, 4) is 11.5 Å². The zero-order valence-electron chi connectivity index (χ0n) is 11.7. The number of carbonyl (C=O) groups excluding carboxylic acids is 1. The van der Waals surface area contributed by atoms with Gasteiger partial charge < -0.3 is 20.5 Å². The molecular formula is C14H21ClN2O3. The second-order valence-electron chi connectivity index (χ2n) is 4.08. The zero-order chi connectivity index (χ0) is 14.3. The molecule has 1 atom stereocenters. The molecule has 6 heteroatoms. The number of nitrogens with two attached hydrogens (primary N) is 1. The highest BCUT2D eigenvalue weighted by Crippen LogP contribution is 2.28. The highest BCUT2D eigenvalue weighted by Gasteiger charge is 2.12. The monoisotopic (exact) mass is 300 g/mol. The van der Waals surface area contributed by atoms with Crippen LogP contribution in [0.25, 0.3) is 0 Å². The largest absolute Gasteiger partial charge is 0.493 e. The van der Waals surface area contributed by atoms with Crippen LogP contribution in [-0.4, -0.2) is 32.2 Å². The van der Waals surface area contributed by atoms with Crippen molar-refractivity contribution in [1.82, 2.24) is 5.32 Å². The molecule has 0 saturated heterocycles. The predicted octanol–water partition coefficient (Wildman–Crippen LogP) is 1.76.